The molecule has 8 heteroatoms. The minimum Gasteiger partial charge on any atom is -0.323 e. The fraction of sp³-hybridized carbons (Fsp3) is 0.429. The van der Waals surface area contributed by atoms with Crippen molar-refractivity contribution in [3.8, 4) is 0 Å². The summed E-state index contributed by atoms with van der Waals surface area (Å²) in [6.45, 7) is 0. The van der Waals surface area contributed by atoms with Gasteiger partial charge in [0.1, 0.15) is 12.1 Å². The lowest BCUT2D eigenvalue weighted by atomic mass is 10.1. The predicted octanol–water partition coefficient (Wildman–Crippen LogP) is -2.26. The Balaban J connectivity index is 2.24. The Labute approximate surface area is 84.0 Å². The van der Waals surface area contributed by atoms with Gasteiger partial charge in [-0.1, -0.05) is 0 Å². The van der Waals surface area contributed by atoms with Crippen LogP contribution in [0.25, 0.3) is 0 Å². The zero-order valence-corrected chi connectivity index (χ0v) is 7.73. The van der Waals surface area contributed by atoms with Gasteiger partial charge in [-0.05, 0) is 0 Å². The van der Waals surface area contributed by atoms with Crippen LogP contribution in [0.5, 0.6) is 0 Å². The number of hydrogen-bond donors (Lipinski definition) is 3. The van der Waals surface area contributed by atoms with Crippen LogP contribution in [0.2, 0.25) is 0 Å². The number of urea groups is 2. The molecule has 2 heterocycles. The molecule has 0 aromatic carbocycles. The number of amides is 6. The number of hydrogen-bond acceptors (Lipinski definition) is 4. The van der Waals surface area contributed by atoms with Crippen LogP contribution in [0, 0.1) is 0 Å². The van der Waals surface area contributed by atoms with Crippen LogP contribution in [0.1, 0.15) is 0 Å². The van der Waals surface area contributed by atoms with E-state index in [0.29, 0.717) is 0 Å². The van der Waals surface area contributed by atoms with Crippen LogP contribution >= 0.6 is 0 Å². The van der Waals surface area contributed by atoms with Gasteiger partial charge in [0, 0.05) is 7.05 Å². The van der Waals surface area contributed by atoms with Gasteiger partial charge in [-0.15, -0.1) is 0 Å². The lowest BCUT2D eigenvalue weighted by Gasteiger charge is -2.19. The third kappa shape index (κ3) is 1.30. The lowest BCUT2D eigenvalue weighted by molar-refractivity contribution is -0.127. The molecular weight excluding hydrogens is 204 g/mol. The van der Waals surface area contributed by atoms with Crippen molar-refractivity contribution in [3.63, 3.8) is 0 Å². The molecule has 15 heavy (non-hydrogen) atoms. The third-order valence-corrected chi connectivity index (χ3v) is 2.36. The SMILES string of the molecule is CN1C(=O)NC(=O)C1C1NC(=O)NC1=O. The topological polar surface area (TPSA) is 108 Å². The van der Waals surface area contributed by atoms with Crippen LogP contribution in [0.15, 0.2) is 0 Å². The van der Waals surface area contributed by atoms with E-state index in [1.807, 2.05) is 10.6 Å². The molecule has 2 aliphatic rings. The molecule has 0 bridgehead atoms. The van der Waals surface area contributed by atoms with Gasteiger partial charge in [0.25, 0.3) is 11.8 Å². The number of imide groups is 2. The van der Waals surface area contributed by atoms with Crippen molar-refractivity contribution in [1.29, 1.82) is 0 Å². The first-order valence-electron chi connectivity index (χ1n) is 4.19. The number of carbonyl (C=O) groups is 4. The molecule has 80 valence electrons. The van der Waals surface area contributed by atoms with Gasteiger partial charge in [0.2, 0.25) is 0 Å². The van der Waals surface area contributed by atoms with Gasteiger partial charge >= 0.3 is 12.1 Å². The van der Waals surface area contributed by atoms with Crippen molar-refractivity contribution in [1.82, 2.24) is 20.9 Å². The average Bonchev–Trinajstić information content (AvgIpc) is 2.56. The molecule has 2 unspecified atom stereocenters. The maximum Gasteiger partial charge on any atom is 0.324 e. The molecule has 0 aliphatic carbocycles. The Hall–Kier alpha value is -2.12. The molecule has 2 atom stereocenters. The normalized spacial score (nSPS) is 30.3. The smallest absolute Gasteiger partial charge is 0.323 e. The summed E-state index contributed by atoms with van der Waals surface area (Å²) in [5, 5.41) is 6.31. The van der Waals surface area contributed by atoms with Crippen molar-refractivity contribution < 1.29 is 19.2 Å². The number of carbonyl (C=O) groups excluding carboxylic acids is 4. The van der Waals surface area contributed by atoms with Crippen molar-refractivity contribution in [3.05, 3.63) is 0 Å². The highest BCUT2D eigenvalue weighted by atomic mass is 16.2. The Morgan fingerprint density at radius 2 is 1.73 bits per heavy atom. The second kappa shape index (κ2) is 2.94. The highest BCUT2D eigenvalue weighted by Gasteiger charge is 2.47. The van der Waals surface area contributed by atoms with Crippen molar-refractivity contribution in [2.75, 3.05) is 7.05 Å². The maximum absolute atomic E-state index is 11.3. The van der Waals surface area contributed by atoms with Crippen molar-refractivity contribution in [2.24, 2.45) is 0 Å². The molecule has 0 aromatic rings. The number of nitrogens with zero attached hydrogens (tertiary/aromatic N) is 1. The van der Waals surface area contributed by atoms with Crippen LogP contribution in [0.3, 0.4) is 0 Å². The molecule has 0 saturated carbocycles. The van der Waals surface area contributed by atoms with Crippen molar-refractivity contribution >= 4 is 23.9 Å². The van der Waals surface area contributed by atoms with E-state index in [1.54, 1.807) is 0 Å². The Bertz CT molecular complexity index is 379. The molecule has 3 N–H and O–H groups in total. The summed E-state index contributed by atoms with van der Waals surface area (Å²) >= 11 is 0. The van der Waals surface area contributed by atoms with E-state index in [-0.39, 0.29) is 0 Å². The molecule has 0 aromatic heterocycles. The van der Waals surface area contributed by atoms with E-state index in [4.69, 9.17) is 0 Å². The Morgan fingerprint density at radius 1 is 1.07 bits per heavy atom. The van der Waals surface area contributed by atoms with Crippen LogP contribution < -0.4 is 16.0 Å². The van der Waals surface area contributed by atoms with E-state index in [9.17, 15) is 19.2 Å². The lowest BCUT2D eigenvalue weighted by Crippen LogP contribution is -2.50. The predicted molar refractivity (Wildman–Crippen MR) is 45.6 cm³/mol. The largest absolute Gasteiger partial charge is 0.324 e. The van der Waals surface area contributed by atoms with Crippen LogP contribution in [-0.4, -0.2) is 47.9 Å². The first-order chi connectivity index (χ1) is 7.00. The summed E-state index contributed by atoms with van der Waals surface area (Å²) < 4.78 is 0. The zero-order valence-electron chi connectivity index (χ0n) is 7.73. The second-order valence-electron chi connectivity index (χ2n) is 3.29. The molecule has 0 radical (unpaired) electrons. The van der Waals surface area contributed by atoms with E-state index in [1.165, 1.54) is 7.05 Å². The maximum atomic E-state index is 11.3. The van der Waals surface area contributed by atoms with Gasteiger partial charge in [-0.3, -0.25) is 20.2 Å². The molecule has 2 rings (SSSR count). The van der Waals surface area contributed by atoms with E-state index in [0.717, 1.165) is 4.90 Å². The minimum absolute atomic E-state index is 0.584. The summed E-state index contributed by atoms with van der Waals surface area (Å²) in [5.74, 6) is -1.20. The second-order valence-corrected chi connectivity index (χ2v) is 3.29. The number of nitrogens with one attached hydrogen (secondary N) is 3. The number of likely N-dealkylation sites (N-methyl/N-ethyl adjacent to an activating group) is 1. The summed E-state index contributed by atoms with van der Waals surface area (Å²) in [4.78, 5) is 45.6. The van der Waals surface area contributed by atoms with Gasteiger partial charge in [-0.25, -0.2) is 9.59 Å². The summed E-state index contributed by atoms with van der Waals surface area (Å²) in [6.07, 6.45) is 0. The monoisotopic (exact) mass is 212 g/mol. The molecular formula is C7H8N4O4. The van der Waals surface area contributed by atoms with Gasteiger partial charge in [-0.2, -0.15) is 0 Å². The van der Waals surface area contributed by atoms with Gasteiger partial charge < -0.3 is 10.2 Å². The summed E-state index contributed by atoms with van der Waals surface area (Å²) in [6, 6.07) is -3.25. The highest BCUT2D eigenvalue weighted by Crippen LogP contribution is 2.12. The fourth-order valence-corrected chi connectivity index (χ4v) is 1.60. The summed E-state index contributed by atoms with van der Waals surface area (Å²) in [7, 11) is 1.38. The van der Waals surface area contributed by atoms with Crippen molar-refractivity contribution in [2.45, 2.75) is 12.1 Å². The molecule has 8 nitrogen and oxygen atoms in total. The van der Waals surface area contributed by atoms with E-state index < -0.39 is 36.0 Å². The zero-order chi connectivity index (χ0) is 11.2. The minimum atomic E-state index is -1.02. The third-order valence-electron chi connectivity index (χ3n) is 2.36. The average molecular weight is 212 g/mol. The molecule has 0 spiro atoms. The van der Waals surface area contributed by atoms with Crippen LogP contribution in [0.4, 0.5) is 9.59 Å². The Kier molecular flexibility index (Phi) is 1.85. The molecule has 2 fully saturated rings. The van der Waals surface area contributed by atoms with Gasteiger partial charge in [0.05, 0.1) is 0 Å². The fourth-order valence-electron chi connectivity index (χ4n) is 1.60. The summed E-state index contributed by atoms with van der Waals surface area (Å²) in [5.41, 5.74) is 0. The first kappa shape index (κ1) is 9.44. The van der Waals surface area contributed by atoms with E-state index >= 15 is 0 Å². The quantitative estimate of drug-likeness (QED) is 0.426. The van der Waals surface area contributed by atoms with Crippen LogP contribution in [-0.2, 0) is 9.59 Å². The van der Waals surface area contributed by atoms with Gasteiger partial charge in [0.15, 0.2) is 0 Å². The number of rotatable bonds is 1. The first-order valence-corrected chi connectivity index (χ1v) is 4.19. The molecule has 2 aliphatic heterocycles. The molecule has 6 amide bonds. The Morgan fingerprint density at radius 3 is 2.13 bits per heavy atom. The van der Waals surface area contributed by atoms with E-state index in [2.05, 4.69) is 5.32 Å². The molecule has 2 saturated heterocycles. The highest BCUT2D eigenvalue weighted by molar-refractivity contribution is 6.11. The standard InChI is InChI=1S/C7H8N4O4/c1-11-3(5(13)10-7(11)15)2-4(12)9-6(14)8-2/h2-3H,1H3,(H,10,13,15)(H2,8,9,12,14).